The Hall–Kier alpha value is -1.06. The van der Waals surface area contributed by atoms with Gasteiger partial charge < -0.3 is 15.4 Å². The first-order valence-electron chi connectivity index (χ1n) is 7.44. The molecule has 1 saturated heterocycles. The van der Waals surface area contributed by atoms with Crippen molar-refractivity contribution in [3.63, 3.8) is 0 Å². The van der Waals surface area contributed by atoms with E-state index in [2.05, 4.69) is 17.0 Å². The van der Waals surface area contributed by atoms with Gasteiger partial charge in [-0.2, -0.15) is 0 Å². The third kappa shape index (κ3) is 5.21. The second-order valence-corrected chi connectivity index (χ2v) is 5.58. The topological polar surface area (TPSA) is 38.5 Å². The molecule has 1 aliphatic rings. The van der Waals surface area contributed by atoms with Crippen LogP contribution in [0.2, 0.25) is 0 Å². The monoisotopic (exact) mass is 262 g/mol. The van der Waals surface area contributed by atoms with E-state index in [4.69, 9.17) is 10.5 Å². The molecule has 0 bridgehead atoms. The Bertz CT molecular complexity index is 373. The van der Waals surface area contributed by atoms with Crippen LogP contribution in [-0.4, -0.2) is 37.2 Å². The molecule has 0 aromatic heterocycles. The molecule has 0 amide bonds. The number of benzene rings is 1. The van der Waals surface area contributed by atoms with Crippen LogP contribution in [0.5, 0.6) is 5.75 Å². The Morgan fingerprint density at radius 2 is 2.11 bits per heavy atom. The summed E-state index contributed by atoms with van der Waals surface area (Å²) in [5.41, 5.74) is 7.08. The van der Waals surface area contributed by atoms with Gasteiger partial charge in [0.05, 0.1) is 6.61 Å². The lowest BCUT2D eigenvalue weighted by Crippen LogP contribution is -2.22. The predicted octanol–water partition coefficient (Wildman–Crippen LogP) is 2.44. The van der Waals surface area contributed by atoms with Crippen molar-refractivity contribution in [2.24, 2.45) is 5.73 Å². The van der Waals surface area contributed by atoms with Crippen LogP contribution in [0, 0.1) is 0 Å². The number of hydrogen-bond acceptors (Lipinski definition) is 3. The van der Waals surface area contributed by atoms with E-state index in [0.717, 1.165) is 25.2 Å². The lowest BCUT2D eigenvalue weighted by atomic mass is 10.1. The summed E-state index contributed by atoms with van der Waals surface area (Å²) in [5.74, 6) is 0.972. The second kappa shape index (κ2) is 7.51. The van der Waals surface area contributed by atoms with Gasteiger partial charge in [-0.05, 0) is 63.4 Å². The van der Waals surface area contributed by atoms with Gasteiger partial charge in [0, 0.05) is 12.6 Å². The summed E-state index contributed by atoms with van der Waals surface area (Å²) in [7, 11) is 0. The van der Waals surface area contributed by atoms with Crippen molar-refractivity contribution >= 4 is 0 Å². The fourth-order valence-electron chi connectivity index (χ4n) is 2.62. The quantitative estimate of drug-likeness (QED) is 0.767. The van der Waals surface area contributed by atoms with Gasteiger partial charge in [-0.3, -0.25) is 0 Å². The average Bonchev–Trinajstić information content (AvgIpc) is 2.87. The molecule has 1 heterocycles. The molecule has 0 saturated carbocycles. The number of nitrogens with two attached hydrogens (primary N) is 1. The lowest BCUT2D eigenvalue weighted by Gasteiger charge is -2.14. The summed E-state index contributed by atoms with van der Waals surface area (Å²) in [4.78, 5) is 2.52. The number of likely N-dealkylation sites (tertiary alicyclic amines) is 1. The van der Waals surface area contributed by atoms with E-state index in [1.54, 1.807) is 0 Å². The first kappa shape index (κ1) is 14.4. The van der Waals surface area contributed by atoms with E-state index in [1.807, 2.05) is 19.1 Å². The molecule has 0 spiro atoms. The number of nitrogens with zero attached hydrogens (tertiary/aromatic N) is 1. The summed E-state index contributed by atoms with van der Waals surface area (Å²) < 4.78 is 5.82. The second-order valence-electron chi connectivity index (χ2n) is 5.58. The van der Waals surface area contributed by atoms with Gasteiger partial charge in [-0.25, -0.2) is 0 Å². The van der Waals surface area contributed by atoms with Crippen molar-refractivity contribution in [2.75, 3.05) is 26.2 Å². The molecular weight excluding hydrogens is 236 g/mol. The van der Waals surface area contributed by atoms with Crippen molar-refractivity contribution in [1.29, 1.82) is 0 Å². The van der Waals surface area contributed by atoms with Gasteiger partial charge in [0.2, 0.25) is 0 Å². The van der Waals surface area contributed by atoms with Crippen LogP contribution in [0.15, 0.2) is 24.3 Å². The van der Waals surface area contributed by atoms with E-state index < -0.39 is 0 Å². The molecular formula is C16H26N2O. The third-order valence-electron chi connectivity index (χ3n) is 3.54. The van der Waals surface area contributed by atoms with Gasteiger partial charge in [-0.1, -0.05) is 12.1 Å². The number of hydrogen-bond donors (Lipinski definition) is 1. The summed E-state index contributed by atoms with van der Waals surface area (Å²) in [6, 6.07) is 8.50. The zero-order valence-electron chi connectivity index (χ0n) is 12.0. The standard InChI is InChI=1S/C16H26N2O/c1-14(17)12-15-6-4-7-16(13-15)19-11-5-10-18-8-2-3-9-18/h4,6-7,13-14H,2-3,5,8-12,17H2,1H3. The molecule has 19 heavy (non-hydrogen) atoms. The minimum atomic E-state index is 0.199. The summed E-state index contributed by atoms with van der Waals surface area (Å²) in [6.45, 7) is 6.54. The molecule has 2 N–H and O–H groups in total. The largest absolute Gasteiger partial charge is 0.494 e. The maximum atomic E-state index is 5.82. The van der Waals surface area contributed by atoms with Crippen LogP contribution in [0.3, 0.4) is 0 Å². The van der Waals surface area contributed by atoms with Crippen LogP contribution in [0.25, 0.3) is 0 Å². The van der Waals surface area contributed by atoms with Gasteiger partial charge in [0.15, 0.2) is 0 Å². The van der Waals surface area contributed by atoms with Crippen LogP contribution < -0.4 is 10.5 Å². The predicted molar refractivity (Wildman–Crippen MR) is 79.6 cm³/mol. The molecule has 3 nitrogen and oxygen atoms in total. The molecule has 1 fully saturated rings. The molecule has 0 radical (unpaired) electrons. The first-order valence-corrected chi connectivity index (χ1v) is 7.44. The van der Waals surface area contributed by atoms with Crippen LogP contribution in [0.1, 0.15) is 31.7 Å². The minimum absolute atomic E-state index is 0.199. The molecule has 1 aromatic carbocycles. The molecule has 3 heteroatoms. The Morgan fingerprint density at radius 1 is 1.32 bits per heavy atom. The Kier molecular flexibility index (Phi) is 5.67. The molecule has 0 aliphatic carbocycles. The van der Waals surface area contributed by atoms with Crippen molar-refractivity contribution in [3.8, 4) is 5.75 Å². The highest BCUT2D eigenvalue weighted by molar-refractivity contribution is 5.28. The maximum Gasteiger partial charge on any atom is 0.119 e. The van der Waals surface area contributed by atoms with Gasteiger partial charge >= 0.3 is 0 Å². The summed E-state index contributed by atoms with van der Waals surface area (Å²) in [5, 5.41) is 0. The molecule has 1 atom stereocenters. The maximum absolute atomic E-state index is 5.82. The normalized spacial score (nSPS) is 17.6. The Labute approximate surface area is 116 Å². The summed E-state index contributed by atoms with van der Waals surface area (Å²) in [6.07, 6.45) is 4.74. The molecule has 1 unspecified atom stereocenters. The van der Waals surface area contributed by atoms with Gasteiger partial charge in [0.1, 0.15) is 5.75 Å². The van der Waals surface area contributed by atoms with E-state index in [0.29, 0.717) is 0 Å². The number of rotatable bonds is 7. The van der Waals surface area contributed by atoms with E-state index in [9.17, 15) is 0 Å². The van der Waals surface area contributed by atoms with Crippen molar-refractivity contribution in [2.45, 2.75) is 38.6 Å². The van der Waals surface area contributed by atoms with E-state index >= 15 is 0 Å². The van der Waals surface area contributed by atoms with Crippen molar-refractivity contribution in [1.82, 2.24) is 4.90 Å². The first-order chi connectivity index (χ1) is 9.24. The fraction of sp³-hybridized carbons (Fsp3) is 0.625. The molecule has 1 aliphatic heterocycles. The Morgan fingerprint density at radius 3 is 2.84 bits per heavy atom. The lowest BCUT2D eigenvalue weighted by molar-refractivity contribution is 0.263. The SMILES string of the molecule is CC(N)Cc1cccc(OCCCN2CCCC2)c1. The van der Waals surface area contributed by atoms with E-state index in [1.165, 1.54) is 38.0 Å². The minimum Gasteiger partial charge on any atom is -0.494 e. The molecule has 2 rings (SSSR count). The van der Waals surface area contributed by atoms with Crippen LogP contribution in [0.4, 0.5) is 0 Å². The third-order valence-corrected chi connectivity index (χ3v) is 3.54. The molecule has 1 aromatic rings. The zero-order valence-corrected chi connectivity index (χ0v) is 12.0. The molecule has 106 valence electrons. The number of ether oxygens (including phenoxy) is 1. The fourth-order valence-corrected chi connectivity index (χ4v) is 2.62. The highest BCUT2D eigenvalue weighted by Gasteiger charge is 2.10. The summed E-state index contributed by atoms with van der Waals surface area (Å²) >= 11 is 0. The smallest absolute Gasteiger partial charge is 0.119 e. The van der Waals surface area contributed by atoms with Gasteiger partial charge in [0.25, 0.3) is 0 Å². The van der Waals surface area contributed by atoms with Crippen LogP contribution >= 0.6 is 0 Å². The average molecular weight is 262 g/mol. The van der Waals surface area contributed by atoms with E-state index in [-0.39, 0.29) is 6.04 Å². The Balaban J connectivity index is 1.69. The van der Waals surface area contributed by atoms with Gasteiger partial charge in [-0.15, -0.1) is 0 Å². The highest BCUT2D eigenvalue weighted by Crippen LogP contribution is 2.15. The van der Waals surface area contributed by atoms with Crippen LogP contribution in [-0.2, 0) is 6.42 Å². The zero-order chi connectivity index (χ0) is 13.5. The van der Waals surface area contributed by atoms with Crippen molar-refractivity contribution in [3.05, 3.63) is 29.8 Å². The van der Waals surface area contributed by atoms with Crippen molar-refractivity contribution < 1.29 is 4.74 Å². The highest BCUT2D eigenvalue weighted by atomic mass is 16.5.